The zero-order valence-corrected chi connectivity index (χ0v) is 15.3. The fourth-order valence-corrected chi connectivity index (χ4v) is 2.96. The first-order valence-corrected chi connectivity index (χ1v) is 9.29. The van der Waals surface area contributed by atoms with Gasteiger partial charge in [0, 0.05) is 45.1 Å². The SMILES string of the molecule is CCCCCNc1ccc(C(=O)N2CCN(c3ncccn3)CC2)nc1. The summed E-state index contributed by atoms with van der Waals surface area (Å²) in [4.78, 5) is 29.5. The van der Waals surface area contributed by atoms with Crippen molar-refractivity contribution in [3.63, 3.8) is 0 Å². The van der Waals surface area contributed by atoms with E-state index in [1.54, 1.807) is 30.7 Å². The summed E-state index contributed by atoms with van der Waals surface area (Å²) >= 11 is 0. The van der Waals surface area contributed by atoms with E-state index in [0.29, 0.717) is 18.8 Å². The Hall–Kier alpha value is -2.70. The molecule has 2 aromatic rings. The van der Waals surface area contributed by atoms with Gasteiger partial charge in [0.15, 0.2) is 0 Å². The second kappa shape index (κ2) is 9.12. The van der Waals surface area contributed by atoms with Gasteiger partial charge in [-0.3, -0.25) is 4.79 Å². The maximum atomic E-state index is 12.6. The van der Waals surface area contributed by atoms with Crippen molar-refractivity contribution < 1.29 is 4.79 Å². The van der Waals surface area contributed by atoms with Crippen LogP contribution in [0.2, 0.25) is 0 Å². The lowest BCUT2D eigenvalue weighted by Crippen LogP contribution is -2.49. The van der Waals surface area contributed by atoms with Crippen LogP contribution in [0.25, 0.3) is 0 Å². The molecule has 1 N–H and O–H groups in total. The Bertz CT molecular complexity index is 683. The molecule has 0 spiro atoms. The summed E-state index contributed by atoms with van der Waals surface area (Å²) in [6.45, 7) is 5.88. The summed E-state index contributed by atoms with van der Waals surface area (Å²) in [5.41, 5.74) is 1.46. The van der Waals surface area contributed by atoms with Crippen LogP contribution < -0.4 is 10.2 Å². The number of amides is 1. The number of rotatable bonds is 7. The maximum absolute atomic E-state index is 12.6. The smallest absolute Gasteiger partial charge is 0.272 e. The topological polar surface area (TPSA) is 74.2 Å². The Morgan fingerprint density at radius 1 is 1.08 bits per heavy atom. The molecule has 0 saturated carbocycles. The molecule has 7 heteroatoms. The second-order valence-corrected chi connectivity index (χ2v) is 6.39. The van der Waals surface area contributed by atoms with Crippen molar-refractivity contribution in [3.05, 3.63) is 42.5 Å². The first-order valence-electron chi connectivity index (χ1n) is 9.29. The molecule has 0 aromatic carbocycles. The summed E-state index contributed by atoms with van der Waals surface area (Å²) in [5, 5.41) is 3.34. The quantitative estimate of drug-likeness (QED) is 0.770. The fourth-order valence-electron chi connectivity index (χ4n) is 2.96. The normalized spacial score (nSPS) is 14.3. The molecule has 138 valence electrons. The number of carbonyl (C=O) groups is 1. The molecule has 0 radical (unpaired) electrons. The lowest BCUT2D eigenvalue weighted by atomic mass is 10.2. The first-order chi connectivity index (χ1) is 12.8. The molecule has 0 atom stereocenters. The van der Waals surface area contributed by atoms with Gasteiger partial charge in [0.2, 0.25) is 5.95 Å². The van der Waals surface area contributed by atoms with Crippen LogP contribution in [0.4, 0.5) is 11.6 Å². The standard InChI is InChI=1S/C19H26N6O/c1-2-3-4-8-20-16-6-7-17(23-15-16)18(26)24-11-13-25(14-12-24)19-21-9-5-10-22-19/h5-7,9-10,15,20H,2-4,8,11-14H2,1H3. The zero-order valence-electron chi connectivity index (χ0n) is 15.3. The largest absolute Gasteiger partial charge is 0.384 e. The summed E-state index contributed by atoms with van der Waals surface area (Å²) in [6.07, 6.45) is 8.79. The van der Waals surface area contributed by atoms with Crippen LogP contribution in [0.5, 0.6) is 0 Å². The first kappa shape index (κ1) is 18.1. The number of hydrogen-bond donors (Lipinski definition) is 1. The number of nitrogens with zero attached hydrogens (tertiary/aromatic N) is 5. The molecule has 26 heavy (non-hydrogen) atoms. The van der Waals surface area contributed by atoms with Gasteiger partial charge in [-0.15, -0.1) is 0 Å². The van der Waals surface area contributed by atoms with Gasteiger partial charge in [-0.05, 0) is 24.6 Å². The minimum atomic E-state index is -0.0174. The van der Waals surface area contributed by atoms with Crippen LogP contribution in [-0.2, 0) is 0 Å². The van der Waals surface area contributed by atoms with E-state index < -0.39 is 0 Å². The molecule has 0 aliphatic carbocycles. The number of piperazine rings is 1. The third kappa shape index (κ3) is 4.68. The van der Waals surface area contributed by atoms with Gasteiger partial charge in [0.1, 0.15) is 5.69 Å². The Labute approximate surface area is 154 Å². The number of aromatic nitrogens is 3. The van der Waals surface area contributed by atoms with E-state index in [2.05, 4.69) is 32.1 Å². The molecule has 3 heterocycles. The van der Waals surface area contributed by atoms with Crippen LogP contribution >= 0.6 is 0 Å². The minimum Gasteiger partial charge on any atom is -0.384 e. The van der Waals surface area contributed by atoms with Crippen LogP contribution in [0.15, 0.2) is 36.8 Å². The van der Waals surface area contributed by atoms with Crippen molar-refractivity contribution in [2.45, 2.75) is 26.2 Å². The van der Waals surface area contributed by atoms with E-state index in [-0.39, 0.29) is 5.91 Å². The summed E-state index contributed by atoms with van der Waals surface area (Å²) < 4.78 is 0. The van der Waals surface area contributed by atoms with Crippen molar-refractivity contribution in [1.29, 1.82) is 0 Å². The highest BCUT2D eigenvalue weighted by Crippen LogP contribution is 2.13. The Morgan fingerprint density at radius 2 is 1.85 bits per heavy atom. The number of pyridine rings is 1. The molecule has 2 aromatic heterocycles. The molecule has 1 saturated heterocycles. The van der Waals surface area contributed by atoms with Crippen molar-refractivity contribution in [3.8, 4) is 0 Å². The molecular formula is C19H26N6O. The van der Waals surface area contributed by atoms with Gasteiger partial charge in [0.05, 0.1) is 11.9 Å². The molecular weight excluding hydrogens is 328 g/mol. The van der Waals surface area contributed by atoms with Crippen LogP contribution in [-0.4, -0.2) is 58.5 Å². The lowest BCUT2D eigenvalue weighted by Gasteiger charge is -2.34. The maximum Gasteiger partial charge on any atom is 0.272 e. The molecule has 1 amide bonds. The Morgan fingerprint density at radius 3 is 2.50 bits per heavy atom. The predicted octanol–water partition coefficient (Wildman–Crippen LogP) is 2.44. The van der Waals surface area contributed by atoms with Crippen molar-refractivity contribution in [1.82, 2.24) is 19.9 Å². The number of unbranched alkanes of at least 4 members (excludes halogenated alkanes) is 2. The monoisotopic (exact) mass is 354 g/mol. The molecule has 1 aliphatic rings. The molecule has 1 aliphatic heterocycles. The van der Waals surface area contributed by atoms with Crippen molar-refractivity contribution in [2.24, 2.45) is 0 Å². The molecule has 3 rings (SSSR count). The molecule has 0 unspecified atom stereocenters. The summed E-state index contributed by atoms with van der Waals surface area (Å²) in [7, 11) is 0. The predicted molar refractivity (Wildman–Crippen MR) is 102 cm³/mol. The van der Waals surface area contributed by atoms with Gasteiger partial charge in [-0.1, -0.05) is 19.8 Å². The van der Waals surface area contributed by atoms with E-state index in [1.807, 2.05) is 11.0 Å². The van der Waals surface area contributed by atoms with Crippen LogP contribution in [0, 0.1) is 0 Å². The number of carbonyl (C=O) groups excluding carboxylic acids is 1. The Balaban J connectivity index is 1.50. The van der Waals surface area contributed by atoms with Crippen LogP contribution in [0.3, 0.4) is 0 Å². The van der Waals surface area contributed by atoms with Crippen molar-refractivity contribution in [2.75, 3.05) is 42.9 Å². The van der Waals surface area contributed by atoms with E-state index in [9.17, 15) is 4.79 Å². The van der Waals surface area contributed by atoms with Gasteiger partial charge in [0.25, 0.3) is 5.91 Å². The third-order valence-electron chi connectivity index (χ3n) is 4.49. The average Bonchev–Trinajstić information content (AvgIpc) is 2.72. The highest BCUT2D eigenvalue weighted by Gasteiger charge is 2.23. The zero-order chi connectivity index (χ0) is 18.2. The molecule has 1 fully saturated rings. The van der Waals surface area contributed by atoms with E-state index >= 15 is 0 Å². The molecule has 0 bridgehead atoms. The number of hydrogen-bond acceptors (Lipinski definition) is 6. The molecule has 7 nitrogen and oxygen atoms in total. The van der Waals surface area contributed by atoms with Gasteiger partial charge >= 0.3 is 0 Å². The summed E-state index contributed by atoms with van der Waals surface area (Å²) in [6, 6.07) is 5.54. The highest BCUT2D eigenvalue weighted by molar-refractivity contribution is 5.92. The highest BCUT2D eigenvalue weighted by atomic mass is 16.2. The van der Waals surface area contributed by atoms with Gasteiger partial charge in [-0.2, -0.15) is 0 Å². The third-order valence-corrected chi connectivity index (χ3v) is 4.49. The average molecular weight is 354 g/mol. The van der Waals surface area contributed by atoms with Crippen molar-refractivity contribution >= 4 is 17.5 Å². The van der Waals surface area contributed by atoms with Gasteiger partial charge < -0.3 is 15.1 Å². The lowest BCUT2D eigenvalue weighted by molar-refractivity contribution is 0.0740. The van der Waals surface area contributed by atoms with Crippen LogP contribution in [0.1, 0.15) is 36.7 Å². The number of anilines is 2. The fraction of sp³-hybridized carbons (Fsp3) is 0.474. The number of nitrogens with one attached hydrogen (secondary N) is 1. The minimum absolute atomic E-state index is 0.0174. The van der Waals surface area contributed by atoms with E-state index in [4.69, 9.17) is 0 Å². The van der Waals surface area contributed by atoms with E-state index in [1.165, 1.54) is 12.8 Å². The van der Waals surface area contributed by atoms with E-state index in [0.717, 1.165) is 37.7 Å². The Kier molecular flexibility index (Phi) is 6.35. The summed E-state index contributed by atoms with van der Waals surface area (Å²) in [5.74, 6) is 0.701. The second-order valence-electron chi connectivity index (χ2n) is 6.39. The van der Waals surface area contributed by atoms with Gasteiger partial charge in [-0.25, -0.2) is 15.0 Å².